The Labute approximate surface area is 72.3 Å². The molecule has 0 fully saturated rings. The number of hydrogen-bond acceptors (Lipinski definition) is 3. The fourth-order valence-corrected chi connectivity index (χ4v) is 0.731. The molecule has 0 spiro atoms. The van der Waals surface area contributed by atoms with Crippen LogP contribution >= 0.6 is 9.39 Å². The van der Waals surface area contributed by atoms with Crippen LogP contribution in [0.2, 0.25) is 0 Å². The van der Waals surface area contributed by atoms with E-state index in [4.69, 9.17) is 10.5 Å². The molecule has 0 aliphatic rings. The van der Waals surface area contributed by atoms with E-state index in [1.165, 1.54) is 0 Å². The van der Waals surface area contributed by atoms with Crippen LogP contribution in [0, 0.1) is 0 Å². The van der Waals surface area contributed by atoms with Gasteiger partial charge in [0.2, 0.25) is 0 Å². The lowest BCUT2D eigenvalue weighted by molar-refractivity contribution is 0.207. The first-order valence-electron chi connectivity index (χ1n) is 3.26. The van der Waals surface area contributed by atoms with Crippen molar-refractivity contribution in [3.8, 4) is 5.75 Å². The zero-order valence-corrected chi connectivity index (χ0v) is 7.44. The van der Waals surface area contributed by atoms with Crippen molar-refractivity contribution in [1.82, 2.24) is 5.09 Å². The van der Waals surface area contributed by atoms with Crippen LogP contribution in [-0.2, 0) is 0 Å². The summed E-state index contributed by atoms with van der Waals surface area (Å²) in [5.41, 5.74) is 6.06. The Kier molecular flexibility index (Phi) is 2.88. The summed E-state index contributed by atoms with van der Waals surface area (Å²) in [5, 5.41) is 2.25. The smallest absolute Gasteiger partial charge is 0.410 e. The maximum absolute atomic E-state index is 10.7. The molecule has 0 aromatic heterocycles. The topological polar surface area (TPSA) is 64.3 Å². The number of nitrogen functional groups attached to an aromatic ring is 1. The summed E-state index contributed by atoms with van der Waals surface area (Å²) in [5.74, 6) is 0.462. The number of nitrogens with two attached hydrogens (primary N) is 1. The van der Waals surface area contributed by atoms with Gasteiger partial charge in [0.25, 0.3) is 0 Å². The number of nitrogens with one attached hydrogen (secondary N) is 1. The van der Waals surface area contributed by atoms with Gasteiger partial charge in [0, 0.05) is 5.69 Å². The van der Waals surface area contributed by atoms with Gasteiger partial charge < -0.3 is 15.6 Å². The first-order valence-corrected chi connectivity index (χ1v) is 3.84. The monoisotopic (exact) mass is 184 g/mol. The van der Waals surface area contributed by atoms with Crippen LogP contribution in [-0.4, -0.2) is 6.09 Å². The highest BCUT2D eigenvalue weighted by Gasteiger charge is 1.99. The maximum atomic E-state index is 10.7. The standard InChI is InChI=1S/C7H9N2O2P/c8-5-1-3-6(4-2-5)11-7(10)9-12/h1-4H,8,12H2,(H,9,10). The summed E-state index contributed by atoms with van der Waals surface area (Å²) in [7, 11) is 2.05. The van der Waals surface area contributed by atoms with E-state index >= 15 is 0 Å². The molecule has 0 saturated carbocycles. The number of rotatable bonds is 1. The molecule has 1 amide bonds. The third-order valence-electron chi connectivity index (χ3n) is 1.21. The summed E-state index contributed by atoms with van der Waals surface area (Å²) in [4.78, 5) is 10.7. The molecule has 64 valence electrons. The molecule has 0 saturated heterocycles. The minimum atomic E-state index is -0.523. The Morgan fingerprint density at radius 1 is 1.42 bits per heavy atom. The third-order valence-corrected chi connectivity index (χ3v) is 1.44. The van der Waals surface area contributed by atoms with Crippen molar-refractivity contribution < 1.29 is 9.53 Å². The van der Waals surface area contributed by atoms with Crippen LogP contribution in [0.3, 0.4) is 0 Å². The molecular weight excluding hydrogens is 175 g/mol. The highest BCUT2D eigenvalue weighted by Crippen LogP contribution is 2.12. The minimum Gasteiger partial charge on any atom is -0.410 e. The Bertz CT molecular complexity index is 273. The van der Waals surface area contributed by atoms with Crippen LogP contribution in [0.1, 0.15) is 0 Å². The van der Waals surface area contributed by atoms with Crippen LogP contribution in [0.25, 0.3) is 0 Å². The largest absolute Gasteiger partial charge is 0.415 e. The molecule has 1 unspecified atom stereocenters. The van der Waals surface area contributed by atoms with Gasteiger partial charge in [-0.15, -0.1) is 0 Å². The first-order chi connectivity index (χ1) is 5.72. The van der Waals surface area contributed by atoms with Crippen molar-refractivity contribution >= 4 is 21.2 Å². The number of hydrogen-bond donors (Lipinski definition) is 2. The molecule has 0 radical (unpaired) electrons. The summed E-state index contributed by atoms with van der Waals surface area (Å²) in [6, 6.07) is 6.56. The first kappa shape index (κ1) is 8.81. The van der Waals surface area contributed by atoms with Gasteiger partial charge in [0.05, 0.1) is 0 Å². The zero-order valence-electron chi connectivity index (χ0n) is 6.28. The van der Waals surface area contributed by atoms with E-state index in [-0.39, 0.29) is 0 Å². The van der Waals surface area contributed by atoms with Gasteiger partial charge in [0.1, 0.15) is 5.75 Å². The predicted octanol–water partition coefficient (Wildman–Crippen LogP) is 1.15. The van der Waals surface area contributed by atoms with E-state index in [9.17, 15) is 4.79 Å². The van der Waals surface area contributed by atoms with Gasteiger partial charge >= 0.3 is 6.09 Å². The molecule has 5 heteroatoms. The molecule has 4 nitrogen and oxygen atoms in total. The summed E-state index contributed by atoms with van der Waals surface area (Å²) < 4.78 is 4.79. The lowest BCUT2D eigenvalue weighted by Crippen LogP contribution is -2.16. The van der Waals surface area contributed by atoms with Gasteiger partial charge in [-0.2, -0.15) is 0 Å². The van der Waals surface area contributed by atoms with Crippen molar-refractivity contribution in [2.75, 3.05) is 5.73 Å². The summed E-state index contributed by atoms with van der Waals surface area (Å²) in [6.45, 7) is 0. The SMILES string of the molecule is Nc1ccc(OC(=O)NP)cc1. The number of carbonyl (C=O) groups is 1. The second kappa shape index (κ2) is 3.93. The molecule has 1 atom stereocenters. The molecule has 1 aromatic rings. The predicted molar refractivity (Wildman–Crippen MR) is 49.7 cm³/mol. The normalized spacial score (nSPS) is 9.08. The van der Waals surface area contributed by atoms with Crippen LogP contribution in [0.4, 0.5) is 10.5 Å². The summed E-state index contributed by atoms with van der Waals surface area (Å²) in [6.07, 6.45) is -0.523. The molecular formula is C7H9N2O2P. The lowest BCUT2D eigenvalue weighted by Gasteiger charge is -2.02. The van der Waals surface area contributed by atoms with Crippen molar-refractivity contribution in [1.29, 1.82) is 0 Å². The average Bonchev–Trinajstić information content (AvgIpc) is 2.09. The number of carbonyl (C=O) groups excluding carboxylic acids is 1. The van der Waals surface area contributed by atoms with Crippen LogP contribution < -0.4 is 15.6 Å². The van der Waals surface area contributed by atoms with E-state index in [1.54, 1.807) is 24.3 Å². The van der Waals surface area contributed by atoms with E-state index < -0.39 is 6.09 Å². The number of anilines is 1. The fourth-order valence-electron chi connectivity index (χ4n) is 0.672. The number of amides is 1. The fraction of sp³-hybridized carbons (Fsp3) is 0. The molecule has 1 aromatic carbocycles. The second-order valence-corrected chi connectivity index (χ2v) is 2.39. The molecule has 0 aliphatic carbocycles. The molecule has 3 N–H and O–H groups in total. The van der Waals surface area contributed by atoms with Gasteiger partial charge in [-0.3, -0.25) is 0 Å². The molecule has 0 aliphatic heterocycles. The van der Waals surface area contributed by atoms with E-state index in [1.807, 2.05) is 9.39 Å². The number of ether oxygens (including phenoxy) is 1. The van der Waals surface area contributed by atoms with E-state index in [0.29, 0.717) is 11.4 Å². The van der Waals surface area contributed by atoms with E-state index in [0.717, 1.165) is 0 Å². The summed E-state index contributed by atoms with van der Waals surface area (Å²) >= 11 is 0. The van der Waals surface area contributed by atoms with Gasteiger partial charge in [0.15, 0.2) is 0 Å². The van der Waals surface area contributed by atoms with Crippen molar-refractivity contribution in [3.63, 3.8) is 0 Å². The van der Waals surface area contributed by atoms with Crippen LogP contribution in [0.5, 0.6) is 5.75 Å². The van der Waals surface area contributed by atoms with Gasteiger partial charge in [-0.25, -0.2) is 4.79 Å². The lowest BCUT2D eigenvalue weighted by atomic mass is 10.3. The quantitative estimate of drug-likeness (QED) is 0.508. The Morgan fingerprint density at radius 3 is 2.50 bits per heavy atom. The maximum Gasteiger partial charge on any atom is 0.415 e. The van der Waals surface area contributed by atoms with Crippen LogP contribution in [0.15, 0.2) is 24.3 Å². The number of benzene rings is 1. The highest BCUT2D eigenvalue weighted by atomic mass is 31.0. The Hall–Kier alpha value is -1.28. The molecule has 12 heavy (non-hydrogen) atoms. The van der Waals surface area contributed by atoms with Crippen molar-refractivity contribution in [3.05, 3.63) is 24.3 Å². The second-order valence-electron chi connectivity index (χ2n) is 2.10. The highest BCUT2D eigenvalue weighted by molar-refractivity contribution is 7.15. The Balaban J connectivity index is 2.64. The van der Waals surface area contributed by atoms with Crippen molar-refractivity contribution in [2.24, 2.45) is 0 Å². The third kappa shape index (κ3) is 2.40. The Morgan fingerprint density at radius 2 is 2.00 bits per heavy atom. The van der Waals surface area contributed by atoms with Crippen molar-refractivity contribution in [2.45, 2.75) is 0 Å². The molecule has 0 bridgehead atoms. The van der Waals surface area contributed by atoms with Gasteiger partial charge in [-0.1, -0.05) is 0 Å². The van der Waals surface area contributed by atoms with E-state index in [2.05, 4.69) is 5.09 Å². The van der Waals surface area contributed by atoms with Gasteiger partial charge in [-0.05, 0) is 33.7 Å². The minimum absolute atomic E-state index is 0.462. The zero-order chi connectivity index (χ0) is 8.97. The molecule has 0 heterocycles. The molecule has 1 rings (SSSR count). The average molecular weight is 184 g/mol.